The fourth-order valence-electron chi connectivity index (χ4n) is 2.71. The highest BCUT2D eigenvalue weighted by Gasteiger charge is 2.12. The molecule has 0 unspecified atom stereocenters. The van der Waals surface area contributed by atoms with Gasteiger partial charge in [-0.1, -0.05) is 18.5 Å². The van der Waals surface area contributed by atoms with Crippen LogP contribution in [-0.2, 0) is 0 Å². The second kappa shape index (κ2) is 8.04. The summed E-state index contributed by atoms with van der Waals surface area (Å²) in [6.45, 7) is 2.77. The van der Waals surface area contributed by atoms with Gasteiger partial charge in [0.15, 0.2) is 5.13 Å². The molecule has 0 fully saturated rings. The van der Waals surface area contributed by atoms with Crippen LogP contribution in [0.1, 0.15) is 13.3 Å². The summed E-state index contributed by atoms with van der Waals surface area (Å²) in [6, 6.07) is 14.6. The van der Waals surface area contributed by atoms with Crippen LogP contribution < -0.4 is 15.7 Å². The Balaban J connectivity index is 1.57. The van der Waals surface area contributed by atoms with Crippen molar-refractivity contribution in [3.63, 3.8) is 0 Å². The van der Waals surface area contributed by atoms with Gasteiger partial charge in [0.25, 0.3) is 0 Å². The Kier molecular flexibility index (Phi) is 5.32. The monoisotopic (exact) mass is 412 g/mol. The quantitative estimate of drug-likeness (QED) is 0.387. The Bertz CT molecular complexity index is 1170. The molecule has 4 aromatic rings. The number of benzene rings is 2. The molecule has 0 bridgehead atoms. The summed E-state index contributed by atoms with van der Waals surface area (Å²) in [5.41, 5.74) is 1.93. The van der Waals surface area contributed by atoms with Gasteiger partial charge >= 0.3 is 5.63 Å². The Hall–Kier alpha value is -2.83. The molecule has 1 N–H and O–H groups in total. The lowest BCUT2D eigenvalue weighted by molar-refractivity contribution is 0.317. The second-order valence-electron chi connectivity index (χ2n) is 6.17. The smallest absolute Gasteiger partial charge is 0.345 e. The minimum atomic E-state index is -0.427. The topological polar surface area (TPSA) is 64.4 Å². The van der Waals surface area contributed by atoms with Crippen molar-refractivity contribution in [2.24, 2.45) is 0 Å². The third-order valence-corrected chi connectivity index (χ3v) is 5.05. The zero-order valence-electron chi connectivity index (χ0n) is 15.1. The van der Waals surface area contributed by atoms with Crippen LogP contribution in [0.4, 0.5) is 10.8 Å². The summed E-state index contributed by atoms with van der Waals surface area (Å²) in [5.74, 6) is 0.833. The van der Waals surface area contributed by atoms with Crippen LogP contribution in [0.5, 0.6) is 5.75 Å². The van der Waals surface area contributed by atoms with Crippen molar-refractivity contribution in [2.75, 3.05) is 11.9 Å². The molecule has 0 amide bonds. The Morgan fingerprint density at radius 1 is 1.18 bits per heavy atom. The summed E-state index contributed by atoms with van der Waals surface area (Å²) in [5, 5.41) is 7.09. The number of thiazole rings is 1. The molecule has 0 aliphatic carbocycles. The van der Waals surface area contributed by atoms with Gasteiger partial charge in [0, 0.05) is 21.5 Å². The number of rotatable bonds is 6. The van der Waals surface area contributed by atoms with E-state index in [0.717, 1.165) is 23.2 Å². The summed E-state index contributed by atoms with van der Waals surface area (Å²) in [7, 11) is 0. The van der Waals surface area contributed by atoms with E-state index in [1.807, 2.05) is 29.6 Å². The molecule has 28 heavy (non-hydrogen) atoms. The van der Waals surface area contributed by atoms with E-state index in [1.54, 1.807) is 24.3 Å². The third-order valence-electron chi connectivity index (χ3n) is 4.05. The Morgan fingerprint density at radius 2 is 2.00 bits per heavy atom. The Morgan fingerprint density at radius 3 is 2.79 bits per heavy atom. The number of halogens is 1. The first kappa shape index (κ1) is 18.5. The van der Waals surface area contributed by atoms with Gasteiger partial charge in [-0.25, -0.2) is 9.78 Å². The lowest BCUT2D eigenvalue weighted by atomic mass is 10.1. The lowest BCUT2D eigenvalue weighted by Crippen LogP contribution is -2.03. The van der Waals surface area contributed by atoms with Crippen molar-refractivity contribution >= 4 is 44.7 Å². The van der Waals surface area contributed by atoms with E-state index in [9.17, 15) is 4.79 Å². The second-order valence-corrected chi connectivity index (χ2v) is 7.46. The summed E-state index contributed by atoms with van der Waals surface area (Å²) in [4.78, 5) is 16.9. The van der Waals surface area contributed by atoms with Crippen molar-refractivity contribution in [3.8, 4) is 17.0 Å². The number of fused-ring (bicyclic) bond motifs is 1. The number of hydrogen-bond acceptors (Lipinski definition) is 6. The standard InChI is InChI=1S/C21H17ClN2O3S/c1-2-9-26-16-6-4-15(5-7-16)23-21-24-18(12-28-21)17-11-13-10-14(22)3-8-19(13)27-20(17)25/h3-8,10-12H,2,9H2,1H3,(H,23,24). The predicted octanol–water partition coefficient (Wildman–Crippen LogP) is 6.10. The van der Waals surface area contributed by atoms with Crippen LogP contribution in [0.2, 0.25) is 5.02 Å². The zero-order valence-corrected chi connectivity index (χ0v) is 16.6. The maximum atomic E-state index is 12.3. The molecular formula is C21H17ClN2O3S. The maximum absolute atomic E-state index is 12.3. The van der Waals surface area contributed by atoms with Gasteiger partial charge < -0.3 is 14.5 Å². The van der Waals surface area contributed by atoms with Crippen LogP contribution in [-0.4, -0.2) is 11.6 Å². The average molecular weight is 413 g/mol. The average Bonchev–Trinajstić information content (AvgIpc) is 3.15. The molecule has 142 valence electrons. The minimum absolute atomic E-state index is 0.405. The summed E-state index contributed by atoms with van der Waals surface area (Å²) >= 11 is 7.45. The maximum Gasteiger partial charge on any atom is 0.345 e. The predicted molar refractivity (Wildman–Crippen MR) is 114 cm³/mol. The Labute approximate surface area is 170 Å². The van der Waals surface area contributed by atoms with Crippen molar-refractivity contribution < 1.29 is 9.15 Å². The van der Waals surface area contributed by atoms with Gasteiger partial charge in [-0.2, -0.15) is 0 Å². The highest BCUT2D eigenvalue weighted by Crippen LogP contribution is 2.28. The van der Waals surface area contributed by atoms with E-state index >= 15 is 0 Å². The number of ether oxygens (including phenoxy) is 1. The van der Waals surface area contributed by atoms with Crippen molar-refractivity contribution in [3.05, 3.63) is 69.4 Å². The normalized spacial score (nSPS) is 10.9. The fraction of sp³-hybridized carbons (Fsp3) is 0.143. The first-order valence-corrected chi connectivity index (χ1v) is 10.1. The molecule has 0 radical (unpaired) electrons. The summed E-state index contributed by atoms with van der Waals surface area (Å²) < 4.78 is 11.0. The van der Waals surface area contributed by atoms with Crippen molar-refractivity contribution in [2.45, 2.75) is 13.3 Å². The van der Waals surface area contributed by atoms with E-state index in [-0.39, 0.29) is 0 Å². The molecule has 0 aliphatic heterocycles. The van der Waals surface area contributed by atoms with Gasteiger partial charge in [-0.15, -0.1) is 11.3 Å². The number of nitrogens with zero attached hydrogens (tertiary/aromatic N) is 1. The fourth-order valence-corrected chi connectivity index (χ4v) is 3.62. The molecule has 0 saturated heterocycles. The first-order chi connectivity index (χ1) is 13.6. The largest absolute Gasteiger partial charge is 0.494 e. The van der Waals surface area contributed by atoms with Crippen LogP contribution >= 0.6 is 22.9 Å². The van der Waals surface area contributed by atoms with E-state index < -0.39 is 5.63 Å². The third kappa shape index (κ3) is 4.03. The molecule has 0 atom stereocenters. The van der Waals surface area contributed by atoms with Crippen LogP contribution in [0.25, 0.3) is 22.2 Å². The van der Waals surface area contributed by atoms with E-state index in [2.05, 4.69) is 17.2 Å². The van der Waals surface area contributed by atoms with Gasteiger partial charge in [0.05, 0.1) is 17.9 Å². The highest BCUT2D eigenvalue weighted by atomic mass is 35.5. The first-order valence-electron chi connectivity index (χ1n) is 8.81. The number of nitrogens with one attached hydrogen (secondary N) is 1. The molecule has 2 aromatic carbocycles. The molecule has 5 nitrogen and oxygen atoms in total. The molecule has 0 spiro atoms. The number of hydrogen-bond donors (Lipinski definition) is 1. The van der Waals surface area contributed by atoms with Gasteiger partial charge in [0.1, 0.15) is 11.3 Å². The van der Waals surface area contributed by atoms with Gasteiger partial charge in [0.2, 0.25) is 0 Å². The molecule has 4 rings (SSSR count). The minimum Gasteiger partial charge on any atom is -0.494 e. The van der Waals surface area contributed by atoms with Crippen molar-refractivity contribution in [1.82, 2.24) is 4.98 Å². The number of aromatic nitrogens is 1. The van der Waals surface area contributed by atoms with Crippen LogP contribution in [0.3, 0.4) is 0 Å². The van der Waals surface area contributed by atoms with Gasteiger partial charge in [-0.05, 0) is 55.0 Å². The lowest BCUT2D eigenvalue weighted by Gasteiger charge is -2.06. The van der Waals surface area contributed by atoms with Crippen molar-refractivity contribution in [1.29, 1.82) is 0 Å². The molecular weight excluding hydrogens is 396 g/mol. The summed E-state index contributed by atoms with van der Waals surface area (Å²) in [6.07, 6.45) is 0.969. The molecule has 7 heteroatoms. The van der Waals surface area contributed by atoms with E-state index in [0.29, 0.717) is 33.6 Å². The molecule has 2 aromatic heterocycles. The highest BCUT2D eigenvalue weighted by molar-refractivity contribution is 7.14. The van der Waals surface area contributed by atoms with Crippen LogP contribution in [0, 0.1) is 0 Å². The molecule has 0 saturated carbocycles. The zero-order chi connectivity index (χ0) is 19.5. The molecule has 2 heterocycles. The van der Waals surface area contributed by atoms with Crippen LogP contribution in [0.15, 0.2) is 63.1 Å². The molecule has 0 aliphatic rings. The SMILES string of the molecule is CCCOc1ccc(Nc2nc(-c3cc4cc(Cl)ccc4oc3=O)cs2)cc1. The van der Waals surface area contributed by atoms with E-state index in [4.69, 9.17) is 20.8 Å². The van der Waals surface area contributed by atoms with E-state index in [1.165, 1.54) is 11.3 Å². The number of anilines is 2. The van der Waals surface area contributed by atoms with Gasteiger partial charge in [-0.3, -0.25) is 0 Å².